The first kappa shape index (κ1) is 21.6. The van der Waals surface area contributed by atoms with Crippen molar-refractivity contribution in [3.8, 4) is 0 Å². The molecular weight excluding hydrogens is 356 g/mol. The van der Waals surface area contributed by atoms with Gasteiger partial charge in [0, 0.05) is 12.0 Å². The summed E-state index contributed by atoms with van der Waals surface area (Å²) in [5, 5.41) is 10.2. The molecule has 3 saturated carbocycles. The van der Waals surface area contributed by atoms with E-state index in [-0.39, 0.29) is 11.5 Å². The van der Waals surface area contributed by atoms with Crippen LogP contribution in [0.1, 0.15) is 105 Å². The predicted molar refractivity (Wildman–Crippen MR) is 120 cm³/mol. The zero-order valence-corrected chi connectivity index (χ0v) is 19.6. The van der Waals surface area contributed by atoms with Crippen LogP contribution in [0.2, 0.25) is 0 Å². The third kappa shape index (κ3) is 3.56. The molecule has 0 bridgehead atoms. The smallest absolute Gasteiger partial charge is 0.159 e. The van der Waals surface area contributed by atoms with E-state index in [2.05, 4.69) is 34.6 Å². The summed E-state index contributed by atoms with van der Waals surface area (Å²) in [7, 11) is 0. The minimum atomic E-state index is -0.0969. The second-order valence-electron chi connectivity index (χ2n) is 12.1. The highest BCUT2D eigenvalue weighted by molar-refractivity contribution is 6.00. The average molecular weight is 401 g/mol. The number of aliphatic hydroxyl groups excluding tert-OH is 1. The SMILES string of the molecule is CC(C)CCC[C@@H](C)[C@H]1CC(=O)C2=C3CCC4CC(O)CCC4(C)[C@H]3CCC21C. The van der Waals surface area contributed by atoms with E-state index in [0.717, 1.165) is 38.0 Å². The highest BCUT2D eigenvalue weighted by atomic mass is 16.3. The van der Waals surface area contributed by atoms with Crippen LogP contribution in [0, 0.1) is 40.4 Å². The fourth-order valence-corrected chi connectivity index (χ4v) is 8.22. The summed E-state index contributed by atoms with van der Waals surface area (Å²) in [4.78, 5) is 13.4. The Hall–Kier alpha value is -0.630. The monoisotopic (exact) mass is 400 g/mol. The van der Waals surface area contributed by atoms with Crippen LogP contribution in [-0.2, 0) is 4.79 Å². The van der Waals surface area contributed by atoms with Gasteiger partial charge in [-0.15, -0.1) is 0 Å². The predicted octanol–water partition coefficient (Wildman–Crippen LogP) is 6.71. The molecule has 0 aromatic carbocycles. The summed E-state index contributed by atoms with van der Waals surface area (Å²) in [5.41, 5.74) is 3.29. The highest BCUT2D eigenvalue weighted by Crippen LogP contribution is 2.65. The fourth-order valence-electron chi connectivity index (χ4n) is 8.22. The first-order valence-electron chi connectivity index (χ1n) is 12.6. The van der Waals surface area contributed by atoms with Gasteiger partial charge < -0.3 is 5.11 Å². The second kappa shape index (κ2) is 7.81. The Kier molecular flexibility index (Phi) is 5.82. The van der Waals surface area contributed by atoms with Gasteiger partial charge in [-0.05, 0) is 85.4 Å². The number of hydrogen-bond acceptors (Lipinski definition) is 2. The van der Waals surface area contributed by atoms with Gasteiger partial charge in [0.05, 0.1) is 6.10 Å². The molecule has 164 valence electrons. The molecule has 0 aromatic rings. The molecule has 4 aliphatic carbocycles. The van der Waals surface area contributed by atoms with E-state index in [0.29, 0.717) is 34.9 Å². The van der Waals surface area contributed by atoms with Gasteiger partial charge >= 0.3 is 0 Å². The minimum absolute atomic E-state index is 0.0969. The summed E-state index contributed by atoms with van der Waals surface area (Å²) in [6.07, 6.45) is 12.4. The van der Waals surface area contributed by atoms with Crippen molar-refractivity contribution in [3.05, 3.63) is 11.1 Å². The van der Waals surface area contributed by atoms with Crippen molar-refractivity contribution in [1.82, 2.24) is 0 Å². The van der Waals surface area contributed by atoms with Crippen LogP contribution in [0.25, 0.3) is 0 Å². The zero-order valence-electron chi connectivity index (χ0n) is 19.6. The normalized spacial score (nSPS) is 43.2. The second-order valence-corrected chi connectivity index (χ2v) is 12.1. The van der Waals surface area contributed by atoms with Crippen molar-refractivity contribution in [2.75, 3.05) is 0 Å². The molecule has 0 saturated heterocycles. The van der Waals surface area contributed by atoms with E-state index >= 15 is 0 Å². The van der Waals surface area contributed by atoms with E-state index in [9.17, 15) is 9.90 Å². The van der Waals surface area contributed by atoms with E-state index in [1.54, 1.807) is 5.57 Å². The Morgan fingerprint density at radius 1 is 1.07 bits per heavy atom. The molecule has 3 fully saturated rings. The topological polar surface area (TPSA) is 37.3 Å². The van der Waals surface area contributed by atoms with Crippen molar-refractivity contribution < 1.29 is 9.90 Å². The maximum atomic E-state index is 13.4. The lowest BCUT2D eigenvalue weighted by molar-refractivity contribution is -0.115. The van der Waals surface area contributed by atoms with Gasteiger partial charge in [0.15, 0.2) is 5.78 Å². The van der Waals surface area contributed by atoms with E-state index in [4.69, 9.17) is 0 Å². The Morgan fingerprint density at radius 2 is 1.83 bits per heavy atom. The quantitative estimate of drug-likeness (QED) is 0.556. The molecule has 2 heteroatoms. The molecule has 0 aromatic heterocycles. The van der Waals surface area contributed by atoms with E-state index < -0.39 is 0 Å². The Morgan fingerprint density at radius 3 is 2.55 bits per heavy atom. The number of fused-ring (bicyclic) bond motifs is 4. The lowest BCUT2D eigenvalue weighted by atomic mass is 9.48. The lowest BCUT2D eigenvalue weighted by Gasteiger charge is -2.56. The van der Waals surface area contributed by atoms with Gasteiger partial charge in [0.1, 0.15) is 0 Å². The van der Waals surface area contributed by atoms with Gasteiger partial charge in [-0.2, -0.15) is 0 Å². The van der Waals surface area contributed by atoms with Crippen molar-refractivity contribution in [2.45, 2.75) is 111 Å². The third-order valence-corrected chi connectivity index (χ3v) is 9.96. The van der Waals surface area contributed by atoms with Crippen LogP contribution in [-0.4, -0.2) is 17.0 Å². The molecule has 4 rings (SSSR count). The molecule has 4 aliphatic rings. The third-order valence-electron chi connectivity index (χ3n) is 9.96. The molecule has 29 heavy (non-hydrogen) atoms. The van der Waals surface area contributed by atoms with Gasteiger partial charge in [-0.25, -0.2) is 0 Å². The summed E-state index contributed by atoms with van der Waals surface area (Å²) >= 11 is 0. The number of allylic oxidation sites excluding steroid dienone is 2. The first-order valence-corrected chi connectivity index (χ1v) is 12.6. The van der Waals surface area contributed by atoms with Gasteiger partial charge in [0.25, 0.3) is 0 Å². The number of rotatable bonds is 5. The Balaban J connectivity index is 1.59. The average Bonchev–Trinajstić information content (AvgIpc) is 2.93. The zero-order chi connectivity index (χ0) is 21.0. The van der Waals surface area contributed by atoms with Crippen LogP contribution in [0.3, 0.4) is 0 Å². The van der Waals surface area contributed by atoms with Crippen LogP contribution >= 0.6 is 0 Å². The van der Waals surface area contributed by atoms with E-state index in [1.807, 2.05) is 0 Å². The maximum absolute atomic E-state index is 13.4. The van der Waals surface area contributed by atoms with Crippen LogP contribution in [0.4, 0.5) is 0 Å². The standard InChI is InChI=1S/C27H44O2/c1-17(2)7-6-8-18(3)23-16-24(29)25-21-10-9-19-15-20(28)11-13-26(19,4)22(21)12-14-27(23,25)5/h17-20,22-23,28H,6-16H2,1-5H3/t18-,19?,20?,22+,23-,26?,27?/m1/s1. The van der Waals surface area contributed by atoms with Crippen molar-refractivity contribution in [1.29, 1.82) is 0 Å². The summed E-state index contributed by atoms with van der Waals surface area (Å²) < 4.78 is 0. The Labute approximate surface area is 178 Å². The van der Waals surface area contributed by atoms with E-state index in [1.165, 1.54) is 44.1 Å². The fraction of sp³-hybridized carbons (Fsp3) is 0.889. The molecule has 1 N–H and O–H groups in total. The molecule has 0 radical (unpaired) electrons. The van der Waals surface area contributed by atoms with Crippen LogP contribution in [0.5, 0.6) is 0 Å². The summed E-state index contributed by atoms with van der Waals surface area (Å²) in [5.74, 6) is 3.70. The Bertz CT molecular complexity index is 676. The number of Topliss-reactive ketones (excluding diaryl/α,β-unsaturated/α-hetero) is 1. The maximum Gasteiger partial charge on any atom is 0.159 e. The molecular formula is C27H44O2. The van der Waals surface area contributed by atoms with Gasteiger partial charge in [-0.1, -0.05) is 59.5 Å². The van der Waals surface area contributed by atoms with Gasteiger partial charge in [0.2, 0.25) is 0 Å². The summed E-state index contributed by atoms with van der Waals surface area (Å²) in [6, 6.07) is 0. The number of carbonyl (C=O) groups excluding carboxylic acids is 1. The molecule has 0 heterocycles. The van der Waals surface area contributed by atoms with Crippen LogP contribution in [0.15, 0.2) is 11.1 Å². The molecule has 0 spiro atoms. The van der Waals surface area contributed by atoms with Gasteiger partial charge in [-0.3, -0.25) is 4.79 Å². The highest BCUT2D eigenvalue weighted by Gasteiger charge is 2.57. The van der Waals surface area contributed by atoms with Crippen molar-refractivity contribution in [3.63, 3.8) is 0 Å². The largest absolute Gasteiger partial charge is 0.393 e. The molecule has 4 unspecified atom stereocenters. The molecule has 0 aliphatic heterocycles. The molecule has 7 atom stereocenters. The lowest BCUT2D eigenvalue weighted by Crippen LogP contribution is -2.48. The number of aliphatic hydroxyl groups is 1. The minimum Gasteiger partial charge on any atom is -0.393 e. The van der Waals surface area contributed by atoms with Crippen LogP contribution < -0.4 is 0 Å². The number of hydrogen-bond donors (Lipinski definition) is 1. The number of carbonyl (C=O) groups is 1. The van der Waals surface area contributed by atoms with Crippen molar-refractivity contribution in [2.24, 2.45) is 40.4 Å². The molecule has 2 nitrogen and oxygen atoms in total. The number of ketones is 1. The summed E-state index contributed by atoms with van der Waals surface area (Å²) in [6.45, 7) is 12.0. The van der Waals surface area contributed by atoms with Crippen molar-refractivity contribution >= 4 is 5.78 Å². The molecule has 0 amide bonds. The first-order chi connectivity index (χ1) is 13.7.